The Morgan fingerprint density at radius 1 is 0.935 bits per heavy atom. The molecule has 3 aromatic heterocycles. The summed E-state index contributed by atoms with van der Waals surface area (Å²) >= 11 is 0. The van der Waals surface area contributed by atoms with Crippen LogP contribution >= 0.6 is 0 Å². The molecule has 3 heterocycles. The smallest absolute Gasteiger partial charge is 0.257 e. The van der Waals surface area contributed by atoms with Crippen molar-refractivity contribution >= 4 is 44.8 Å². The molecule has 8 nitrogen and oxygen atoms in total. The van der Waals surface area contributed by atoms with E-state index < -0.39 is 0 Å². The number of H-pyrrole nitrogens is 1. The van der Waals surface area contributed by atoms with Gasteiger partial charge in [0.2, 0.25) is 5.91 Å². The van der Waals surface area contributed by atoms with Gasteiger partial charge in [-0.15, -0.1) is 0 Å². The highest BCUT2D eigenvalue weighted by Gasteiger charge is 2.10. The van der Waals surface area contributed by atoms with E-state index in [9.17, 15) is 9.59 Å². The number of aromatic amines is 1. The van der Waals surface area contributed by atoms with Gasteiger partial charge in [-0.2, -0.15) is 5.10 Å². The number of hydrogen-bond acceptors (Lipinski definition) is 5. The van der Waals surface area contributed by atoms with Crippen molar-refractivity contribution in [3.05, 3.63) is 89.6 Å². The first-order valence-corrected chi connectivity index (χ1v) is 9.71. The second-order valence-electron chi connectivity index (χ2n) is 7.04. The topological polar surface area (TPSA) is 105 Å². The number of nitrogens with one attached hydrogen (secondary N) is 3. The third kappa shape index (κ3) is 3.74. The van der Waals surface area contributed by atoms with Gasteiger partial charge >= 0.3 is 0 Å². The lowest BCUT2D eigenvalue weighted by atomic mass is 10.1. The van der Waals surface area contributed by atoms with Crippen molar-refractivity contribution in [2.75, 3.05) is 10.6 Å². The van der Waals surface area contributed by atoms with E-state index in [2.05, 4.69) is 25.7 Å². The molecule has 152 valence electrons. The molecule has 0 unspecified atom stereocenters. The summed E-state index contributed by atoms with van der Waals surface area (Å²) in [4.78, 5) is 31.6. The van der Waals surface area contributed by atoms with Gasteiger partial charge in [0.15, 0.2) is 0 Å². The van der Waals surface area contributed by atoms with E-state index in [1.807, 2.05) is 48.5 Å². The molecule has 8 heteroatoms. The van der Waals surface area contributed by atoms with Gasteiger partial charge in [-0.25, -0.2) is 4.98 Å². The van der Waals surface area contributed by atoms with Crippen LogP contribution in [0.4, 0.5) is 17.1 Å². The van der Waals surface area contributed by atoms with Crippen LogP contribution in [0.5, 0.6) is 0 Å². The first-order chi connectivity index (χ1) is 15.2. The van der Waals surface area contributed by atoms with Crippen molar-refractivity contribution in [2.24, 2.45) is 0 Å². The predicted octanol–water partition coefficient (Wildman–Crippen LogP) is 3.66. The number of fused-ring (bicyclic) bond motifs is 3. The van der Waals surface area contributed by atoms with Crippen molar-refractivity contribution < 1.29 is 4.79 Å². The number of anilines is 3. The average Bonchev–Trinajstić information content (AvgIpc) is 3.28. The highest BCUT2D eigenvalue weighted by atomic mass is 16.2. The minimum atomic E-state index is -0.164. The number of rotatable bonds is 5. The van der Waals surface area contributed by atoms with Crippen molar-refractivity contribution in [1.82, 2.24) is 19.7 Å². The first-order valence-electron chi connectivity index (χ1n) is 9.71. The number of hydrogen-bond donors (Lipinski definition) is 3. The second kappa shape index (κ2) is 7.75. The molecule has 0 aliphatic carbocycles. The van der Waals surface area contributed by atoms with Crippen LogP contribution in [0, 0.1) is 0 Å². The Kier molecular flexibility index (Phi) is 4.64. The highest BCUT2D eigenvalue weighted by molar-refractivity contribution is 6.10. The van der Waals surface area contributed by atoms with Gasteiger partial charge in [0.25, 0.3) is 5.56 Å². The molecular formula is C23H18N6O2. The highest BCUT2D eigenvalue weighted by Crippen LogP contribution is 2.29. The lowest BCUT2D eigenvalue weighted by Gasteiger charge is -2.12. The largest absolute Gasteiger partial charge is 0.355 e. The van der Waals surface area contributed by atoms with Crippen LogP contribution in [0.3, 0.4) is 0 Å². The zero-order valence-corrected chi connectivity index (χ0v) is 16.4. The SMILES string of the molecule is O=C(Cn1cccn1)Nc1ccc(Nc2ccnc3[nH]c(=O)c4ccccc4c23)cc1. The molecule has 5 aromatic rings. The summed E-state index contributed by atoms with van der Waals surface area (Å²) in [6, 6.07) is 18.5. The minimum absolute atomic E-state index is 0.153. The maximum Gasteiger partial charge on any atom is 0.257 e. The Labute approximate surface area is 176 Å². The number of benzene rings is 2. The normalized spacial score (nSPS) is 11.0. The molecule has 0 aliphatic rings. The van der Waals surface area contributed by atoms with Gasteiger partial charge in [0.1, 0.15) is 12.2 Å². The Balaban J connectivity index is 1.41. The van der Waals surface area contributed by atoms with Crippen molar-refractivity contribution in [2.45, 2.75) is 6.54 Å². The zero-order chi connectivity index (χ0) is 21.2. The molecule has 1 amide bonds. The molecule has 0 aliphatic heterocycles. The molecule has 0 radical (unpaired) electrons. The average molecular weight is 410 g/mol. The summed E-state index contributed by atoms with van der Waals surface area (Å²) in [7, 11) is 0. The van der Waals surface area contributed by atoms with Crippen molar-refractivity contribution in [3.63, 3.8) is 0 Å². The number of nitrogens with zero attached hydrogens (tertiary/aromatic N) is 3. The standard InChI is InChI=1S/C23H18N6O2/c30-20(14-29-13-3-11-25-29)27-16-8-6-15(7-9-16)26-19-10-12-24-22-21(19)17-4-1-2-5-18(17)23(31)28-22/h1-13H,14H2,(H,27,30)(H2,24,26,28,31). The zero-order valence-electron chi connectivity index (χ0n) is 16.4. The first kappa shape index (κ1) is 18.6. The quantitative estimate of drug-likeness (QED) is 0.384. The molecule has 0 fully saturated rings. The summed E-state index contributed by atoms with van der Waals surface area (Å²) in [5.74, 6) is -0.153. The number of carbonyl (C=O) groups excluding carboxylic acids is 1. The monoisotopic (exact) mass is 410 g/mol. The van der Waals surface area contributed by atoms with E-state index >= 15 is 0 Å². The summed E-state index contributed by atoms with van der Waals surface area (Å²) < 4.78 is 1.56. The fourth-order valence-corrected chi connectivity index (χ4v) is 3.54. The van der Waals surface area contributed by atoms with Gasteiger partial charge in [-0.05, 0) is 42.5 Å². The Morgan fingerprint density at radius 3 is 2.48 bits per heavy atom. The van der Waals surface area contributed by atoms with Gasteiger partial charge in [-0.3, -0.25) is 14.3 Å². The van der Waals surface area contributed by atoms with Crippen LogP contribution < -0.4 is 16.2 Å². The number of amides is 1. The van der Waals surface area contributed by atoms with Gasteiger partial charge in [0.05, 0.1) is 5.69 Å². The molecule has 0 bridgehead atoms. The second-order valence-corrected chi connectivity index (χ2v) is 7.04. The van der Waals surface area contributed by atoms with E-state index in [0.717, 1.165) is 22.1 Å². The van der Waals surface area contributed by atoms with E-state index in [-0.39, 0.29) is 18.0 Å². The minimum Gasteiger partial charge on any atom is -0.355 e. The fraction of sp³-hybridized carbons (Fsp3) is 0.0435. The lowest BCUT2D eigenvalue weighted by Crippen LogP contribution is -2.18. The van der Waals surface area contributed by atoms with Crippen LogP contribution in [-0.4, -0.2) is 25.7 Å². The number of carbonyl (C=O) groups is 1. The third-order valence-electron chi connectivity index (χ3n) is 4.94. The Bertz CT molecular complexity index is 1440. The van der Waals surface area contributed by atoms with Gasteiger partial charge in [0, 0.05) is 46.1 Å². The Morgan fingerprint density at radius 2 is 1.71 bits per heavy atom. The molecule has 0 saturated carbocycles. The fourth-order valence-electron chi connectivity index (χ4n) is 3.54. The third-order valence-corrected chi connectivity index (χ3v) is 4.94. The molecule has 0 spiro atoms. The van der Waals surface area contributed by atoms with Crippen molar-refractivity contribution in [3.8, 4) is 0 Å². The lowest BCUT2D eigenvalue weighted by molar-refractivity contribution is -0.116. The molecule has 2 aromatic carbocycles. The number of pyridine rings is 2. The van der Waals surface area contributed by atoms with Gasteiger partial charge < -0.3 is 15.6 Å². The van der Waals surface area contributed by atoms with Crippen LogP contribution in [-0.2, 0) is 11.3 Å². The molecular weight excluding hydrogens is 392 g/mol. The maximum atomic E-state index is 12.3. The van der Waals surface area contributed by atoms with E-state index in [1.165, 1.54) is 0 Å². The van der Waals surface area contributed by atoms with Crippen LogP contribution in [0.15, 0.2) is 84.0 Å². The molecule has 0 atom stereocenters. The summed E-state index contributed by atoms with van der Waals surface area (Å²) in [6.07, 6.45) is 5.03. The molecule has 0 saturated heterocycles. The van der Waals surface area contributed by atoms with E-state index in [4.69, 9.17) is 0 Å². The Hall–Kier alpha value is -4.46. The van der Waals surface area contributed by atoms with Crippen LogP contribution in [0.25, 0.3) is 21.8 Å². The molecule has 31 heavy (non-hydrogen) atoms. The maximum absolute atomic E-state index is 12.3. The van der Waals surface area contributed by atoms with Gasteiger partial charge in [-0.1, -0.05) is 18.2 Å². The van der Waals surface area contributed by atoms with Crippen molar-refractivity contribution in [1.29, 1.82) is 0 Å². The molecule has 3 N–H and O–H groups in total. The van der Waals surface area contributed by atoms with E-state index in [1.54, 1.807) is 35.4 Å². The number of aromatic nitrogens is 4. The summed E-state index contributed by atoms with van der Waals surface area (Å²) in [6.45, 7) is 0.154. The predicted molar refractivity (Wildman–Crippen MR) is 120 cm³/mol. The molecule has 5 rings (SSSR count). The summed E-state index contributed by atoms with van der Waals surface area (Å²) in [5, 5.41) is 12.6. The van der Waals surface area contributed by atoms with Crippen LogP contribution in [0.1, 0.15) is 0 Å². The summed E-state index contributed by atoms with van der Waals surface area (Å²) in [5.41, 5.74) is 2.72. The van der Waals surface area contributed by atoms with Crippen LogP contribution in [0.2, 0.25) is 0 Å². The van der Waals surface area contributed by atoms with E-state index in [0.29, 0.717) is 16.7 Å².